The fraction of sp³-hybridized carbons (Fsp3) is 1.00. The number of nitrogens with zero attached hydrogens (tertiary/aromatic N) is 1. The maximum atomic E-state index is 10.6. The molecule has 0 radical (unpaired) electrons. The van der Waals surface area contributed by atoms with Gasteiger partial charge in [0.15, 0.2) is 0 Å². The summed E-state index contributed by atoms with van der Waals surface area (Å²) in [6.07, 6.45) is 8.17. The van der Waals surface area contributed by atoms with Crippen LogP contribution in [0.5, 0.6) is 0 Å². The molecule has 0 amide bonds. The van der Waals surface area contributed by atoms with Crippen LogP contribution in [0.15, 0.2) is 0 Å². The van der Waals surface area contributed by atoms with Crippen LogP contribution in [-0.2, 0) is 0 Å². The van der Waals surface area contributed by atoms with E-state index in [0.29, 0.717) is 6.04 Å². The molecule has 2 unspecified atom stereocenters. The van der Waals surface area contributed by atoms with Crippen molar-refractivity contribution < 1.29 is 5.11 Å². The van der Waals surface area contributed by atoms with E-state index < -0.39 is 0 Å². The Morgan fingerprint density at radius 2 is 2.19 bits per heavy atom. The fourth-order valence-corrected chi connectivity index (χ4v) is 3.38. The van der Waals surface area contributed by atoms with Crippen molar-refractivity contribution in [2.45, 2.75) is 70.4 Å². The highest BCUT2D eigenvalue weighted by atomic mass is 16.3. The van der Waals surface area contributed by atoms with Crippen molar-refractivity contribution in [2.75, 3.05) is 13.1 Å². The molecule has 1 N–H and O–H groups in total. The highest BCUT2D eigenvalue weighted by Gasteiger charge is 2.39. The summed E-state index contributed by atoms with van der Waals surface area (Å²) < 4.78 is 0. The minimum absolute atomic E-state index is 0.333. The molecule has 2 nitrogen and oxygen atoms in total. The average Bonchev–Trinajstić information content (AvgIpc) is 2.63. The van der Waals surface area contributed by atoms with Gasteiger partial charge in [0.2, 0.25) is 0 Å². The Labute approximate surface area is 100 Å². The van der Waals surface area contributed by atoms with Gasteiger partial charge < -0.3 is 10.0 Å². The van der Waals surface area contributed by atoms with Crippen molar-refractivity contribution in [3.05, 3.63) is 0 Å². The zero-order valence-electron chi connectivity index (χ0n) is 10.9. The number of hydrogen-bond acceptors (Lipinski definition) is 2. The molecule has 0 aliphatic carbocycles. The van der Waals surface area contributed by atoms with Crippen LogP contribution in [0, 0.1) is 5.92 Å². The number of hydrogen-bond donors (Lipinski definition) is 1. The summed E-state index contributed by atoms with van der Waals surface area (Å²) in [5.41, 5.74) is -0.333. The highest BCUT2D eigenvalue weighted by Crippen LogP contribution is 2.36. The fourth-order valence-electron chi connectivity index (χ4n) is 3.38. The normalized spacial score (nSPS) is 35.6. The van der Waals surface area contributed by atoms with E-state index in [4.69, 9.17) is 0 Å². The molecule has 2 fully saturated rings. The lowest BCUT2D eigenvalue weighted by Gasteiger charge is -2.41. The standard InChI is InChI=1S/C14H27NO/c1-12(2)5-3-7-14(16)8-10-15-9-4-6-13(15)11-14/h12-13,16H,3-11H2,1-2H3. The Kier molecular flexibility index (Phi) is 3.91. The van der Waals surface area contributed by atoms with E-state index >= 15 is 0 Å². The lowest BCUT2D eigenvalue weighted by atomic mass is 9.82. The van der Waals surface area contributed by atoms with Crippen molar-refractivity contribution in [1.82, 2.24) is 4.90 Å². The third-order valence-corrected chi connectivity index (χ3v) is 4.40. The summed E-state index contributed by atoms with van der Waals surface area (Å²) in [6.45, 7) is 6.93. The van der Waals surface area contributed by atoms with Gasteiger partial charge in [-0.15, -0.1) is 0 Å². The first kappa shape index (κ1) is 12.4. The lowest BCUT2D eigenvalue weighted by molar-refractivity contribution is -0.0438. The molecule has 0 aromatic heterocycles. The van der Waals surface area contributed by atoms with Gasteiger partial charge in [-0.3, -0.25) is 0 Å². The Morgan fingerprint density at radius 1 is 1.38 bits per heavy atom. The zero-order chi connectivity index (χ0) is 11.6. The summed E-state index contributed by atoms with van der Waals surface area (Å²) in [4.78, 5) is 2.58. The van der Waals surface area contributed by atoms with Crippen molar-refractivity contribution in [3.8, 4) is 0 Å². The van der Waals surface area contributed by atoms with Gasteiger partial charge in [0.1, 0.15) is 0 Å². The Hall–Kier alpha value is -0.0800. The van der Waals surface area contributed by atoms with Crippen molar-refractivity contribution in [2.24, 2.45) is 5.92 Å². The second kappa shape index (κ2) is 5.05. The molecule has 0 aromatic rings. The molecule has 0 aromatic carbocycles. The second-order valence-corrected chi connectivity index (χ2v) is 6.30. The van der Waals surface area contributed by atoms with E-state index in [1.54, 1.807) is 0 Å². The predicted molar refractivity (Wildman–Crippen MR) is 67.5 cm³/mol. The molecule has 2 rings (SSSR count). The molecule has 94 valence electrons. The summed E-state index contributed by atoms with van der Waals surface area (Å²) in [5.74, 6) is 0.773. The average molecular weight is 225 g/mol. The third kappa shape index (κ3) is 2.98. The van der Waals surface area contributed by atoms with Gasteiger partial charge >= 0.3 is 0 Å². The topological polar surface area (TPSA) is 23.5 Å². The van der Waals surface area contributed by atoms with Crippen LogP contribution in [0.1, 0.15) is 58.8 Å². The van der Waals surface area contributed by atoms with Crippen molar-refractivity contribution in [3.63, 3.8) is 0 Å². The van der Waals surface area contributed by atoms with Gasteiger partial charge in [-0.2, -0.15) is 0 Å². The minimum atomic E-state index is -0.333. The van der Waals surface area contributed by atoms with E-state index in [9.17, 15) is 5.11 Å². The third-order valence-electron chi connectivity index (χ3n) is 4.40. The first-order valence-corrected chi connectivity index (χ1v) is 7.05. The van der Waals surface area contributed by atoms with E-state index in [2.05, 4.69) is 18.7 Å². The van der Waals surface area contributed by atoms with Crippen LogP contribution in [0.3, 0.4) is 0 Å². The smallest absolute Gasteiger partial charge is 0.0674 e. The molecular formula is C14H27NO. The molecule has 0 spiro atoms. The highest BCUT2D eigenvalue weighted by molar-refractivity contribution is 4.94. The molecule has 0 bridgehead atoms. The maximum absolute atomic E-state index is 10.6. The first-order chi connectivity index (χ1) is 7.59. The number of rotatable bonds is 4. The number of piperidine rings is 1. The molecule has 2 aliphatic heterocycles. The molecule has 0 saturated carbocycles. The molecular weight excluding hydrogens is 198 g/mol. The number of aliphatic hydroxyl groups is 1. The van der Waals surface area contributed by atoms with Crippen LogP contribution in [0.2, 0.25) is 0 Å². The molecule has 2 saturated heterocycles. The van der Waals surface area contributed by atoms with Gasteiger partial charge in [-0.1, -0.05) is 26.7 Å². The first-order valence-electron chi connectivity index (χ1n) is 7.05. The molecule has 2 aliphatic rings. The maximum Gasteiger partial charge on any atom is 0.0674 e. The summed E-state index contributed by atoms with van der Waals surface area (Å²) in [6, 6.07) is 0.692. The Bertz CT molecular complexity index is 229. The Balaban J connectivity index is 1.79. The molecule has 2 heteroatoms. The van der Waals surface area contributed by atoms with Crippen LogP contribution in [0.25, 0.3) is 0 Å². The van der Waals surface area contributed by atoms with Crippen LogP contribution < -0.4 is 0 Å². The van der Waals surface area contributed by atoms with Crippen LogP contribution in [0.4, 0.5) is 0 Å². The lowest BCUT2D eigenvalue weighted by Crippen LogP contribution is -2.47. The summed E-state index contributed by atoms with van der Waals surface area (Å²) >= 11 is 0. The SMILES string of the molecule is CC(C)CCCC1(O)CCN2CCCC2C1. The summed E-state index contributed by atoms with van der Waals surface area (Å²) in [5, 5.41) is 10.6. The van der Waals surface area contributed by atoms with Gasteiger partial charge in [0.05, 0.1) is 5.60 Å². The molecule has 16 heavy (non-hydrogen) atoms. The molecule has 2 heterocycles. The quantitative estimate of drug-likeness (QED) is 0.795. The van der Waals surface area contributed by atoms with Crippen LogP contribution >= 0.6 is 0 Å². The van der Waals surface area contributed by atoms with Gasteiger partial charge in [0, 0.05) is 12.6 Å². The Morgan fingerprint density at radius 3 is 2.94 bits per heavy atom. The summed E-state index contributed by atoms with van der Waals surface area (Å²) in [7, 11) is 0. The zero-order valence-corrected chi connectivity index (χ0v) is 10.9. The van der Waals surface area contributed by atoms with Gasteiger partial charge in [0.25, 0.3) is 0 Å². The monoisotopic (exact) mass is 225 g/mol. The second-order valence-electron chi connectivity index (χ2n) is 6.30. The van der Waals surface area contributed by atoms with Crippen molar-refractivity contribution >= 4 is 0 Å². The predicted octanol–water partition coefficient (Wildman–Crippen LogP) is 2.80. The molecule has 2 atom stereocenters. The van der Waals surface area contributed by atoms with E-state index in [-0.39, 0.29) is 5.60 Å². The van der Waals surface area contributed by atoms with Gasteiger partial charge in [-0.25, -0.2) is 0 Å². The van der Waals surface area contributed by atoms with E-state index in [1.807, 2.05) is 0 Å². The van der Waals surface area contributed by atoms with Gasteiger partial charge in [-0.05, 0) is 44.6 Å². The van der Waals surface area contributed by atoms with Crippen LogP contribution in [-0.4, -0.2) is 34.7 Å². The van der Waals surface area contributed by atoms with E-state index in [0.717, 1.165) is 31.7 Å². The van der Waals surface area contributed by atoms with E-state index in [1.165, 1.54) is 32.2 Å². The van der Waals surface area contributed by atoms with Crippen molar-refractivity contribution in [1.29, 1.82) is 0 Å². The number of fused-ring (bicyclic) bond motifs is 1. The minimum Gasteiger partial charge on any atom is -0.390 e. The largest absolute Gasteiger partial charge is 0.390 e.